The van der Waals surface area contributed by atoms with Crippen molar-refractivity contribution >= 4 is 18.0 Å². The van der Waals surface area contributed by atoms with Crippen LogP contribution in [0.4, 0.5) is 4.79 Å². The number of hydrogen-bond acceptors (Lipinski definition) is 5. The van der Waals surface area contributed by atoms with Gasteiger partial charge in [-0.25, -0.2) is 14.4 Å². The van der Waals surface area contributed by atoms with Crippen molar-refractivity contribution in [3.63, 3.8) is 0 Å². The van der Waals surface area contributed by atoms with E-state index in [2.05, 4.69) is 0 Å². The summed E-state index contributed by atoms with van der Waals surface area (Å²) >= 11 is 0. The first kappa shape index (κ1) is 15.6. The maximum absolute atomic E-state index is 12.6. The lowest BCUT2D eigenvalue weighted by Gasteiger charge is -2.37. The molecule has 0 bridgehead atoms. The lowest BCUT2D eigenvalue weighted by Crippen LogP contribution is -2.55. The number of urea groups is 1. The maximum atomic E-state index is 12.6. The number of methoxy groups -OCH3 is 1. The van der Waals surface area contributed by atoms with Gasteiger partial charge in [0.25, 0.3) is 0 Å². The fourth-order valence-corrected chi connectivity index (χ4v) is 2.97. The van der Waals surface area contributed by atoms with Crippen LogP contribution in [0.5, 0.6) is 0 Å². The molecule has 2 aliphatic heterocycles. The average molecular weight is 300 g/mol. The molecule has 0 radical (unpaired) electrons. The smallest absolute Gasteiger partial charge is 0.328 e. The average Bonchev–Trinajstić information content (AvgIpc) is 2.88. The molecule has 0 spiro atoms. The van der Waals surface area contributed by atoms with Gasteiger partial charge >= 0.3 is 18.0 Å². The highest BCUT2D eigenvalue weighted by molar-refractivity contribution is 5.87. The van der Waals surface area contributed by atoms with Crippen LogP contribution in [0.25, 0.3) is 0 Å². The van der Waals surface area contributed by atoms with Gasteiger partial charge in [-0.1, -0.05) is 0 Å². The number of amides is 2. The van der Waals surface area contributed by atoms with Gasteiger partial charge in [0.2, 0.25) is 0 Å². The zero-order chi connectivity index (χ0) is 15.6. The Kier molecular flexibility index (Phi) is 4.66. The Hall–Kier alpha value is -1.83. The van der Waals surface area contributed by atoms with Crippen molar-refractivity contribution in [3.8, 4) is 0 Å². The Labute approximate surface area is 122 Å². The first-order valence-corrected chi connectivity index (χ1v) is 7.01. The first-order valence-electron chi connectivity index (χ1n) is 7.01. The maximum Gasteiger partial charge on any atom is 0.328 e. The van der Waals surface area contributed by atoms with Crippen molar-refractivity contribution in [2.24, 2.45) is 0 Å². The molecule has 21 heavy (non-hydrogen) atoms. The topological polar surface area (TPSA) is 107 Å². The highest BCUT2D eigenvalue weighted by atomic mass is 16.5. The summed E-state index contributed by atoms with van der Waals surface area (Å²) in [6.45, 7) is 0.359. The van der Waals surface area contributed by atoms with Crippen LogP contribution in [-0.2, 0) is 14.3 Å². The predicted octanol–water partition coefficient (Wildman–Crippen LogP) is -0.346. The van der Waals surface area contributed by atoms with Gasteiger partial charge in [-0.05, 0) is 19.3 Å². The van der Waals surface area contributed by atoms with Crippen molar-refractivity contribution in [3.05, 3.63) is 0 Å². The molecular formula is C13H20N2O6. The van der Waals surface area contributed by atoms with E-state index in [4.69, 9.17) is 9.84 Å². The highest BCUT2D eigenvalue weighted by Crippen LogP contribution is 2.25. The molecule has 0 aromatic rings. The van der Waals surface area contributed by atoms with Crippen LogP contribution in [0.1, 0.15) is 25.7 Å². The number of hydrogen-bond donors (Lipinski definition) is 2. The largest absolute Gasteiger partial charge is 0.480 e. The minimum absolute atomic E-state index is 0.0117. The summed E-state index contributed by atoms with van der Waals surface area (Å²) in [7, 11) is 1.26. The number of aliphatic carboxylic acids is 1. The number of β-amino-alcohol motifs (C(OH)–C–C–N with tert-alkyl or cyclic N) is 1. The molecule has 2 heterocycles. The van der Waals surface area contributed by atoms with Gasteiger partial charge in [-0.15, -0.1) is 0 Å². The van der Waals surface area contributed by atoms with Crippen molar-refractivity contribution in [1.29, 1.82) is 0 Å². The third-order valence-electron chi connectivity index (χ3n) is 4.03. The van der Waals surface area contributed by atoms with E-state index in [1.165, 1.54) is 12.0 Å². The van der Waals surface area contributed by atoms with Crippen LogP contribution in [-0.4, -0.2) is 76.4 Å². The number of nitrogens with zero attached hydrogens (tertiary/aromatic N) is 2. The van der Waals surface area contributed by atoms with Gasteiger partial charge in [0.05, 0.1) is 13.2 Å². The lowest BCUT2D eigenvalue weighted by molar-refractivity contribution is -0.147. The standard InChI is InChI=1S/C13H20N2O6/c1-21-12(19)9-4-2-3-5-14(9)13(20)15-7-8(16)6-10(15)11(17)18/h8-10,16H,2-7H2,1H3,(H,17,18)/t8-,9?,10-/m0/s1. The fraction of sp³-hybridized carbons (Fsp3) is 0.769. The van der Waals surface area contributed by atoms with Crippen molar-refractivity contribution < 1.29 is 29.3 Å². The van der Waals surface area contributed by atoms with E-state index < -0.39 is 36.2 Å². The van der Waals surface area contributed by atoms with Crippen LogP contribution in [0.15, 0.2) is 0 Å². The molecule has 2 fully saturated rings. The quantitative estimate of drug-likeness (QED) is 0.675. The number of carboxylic acid groups (broad SMARTS) is 1. The van der Waals surface area contributed by atoms with E-state index in [0.717, 1.165) is 17.7 Å². The predicted molar refractivity (Wildman–Crippen MR) is 70.5 cm³/mol. The Morgan fingerprint density at radius 3 is 2.48 bits per heavy atom. The molecule has 2 saturated heterocycles. The minimum atomic E-state index is -1.15. The molecule has 0 aromatic carbocycles. The van der Waals surface area contributed by atoms with E-state index in [1.807, 2.05) is 0 Å². The number of rotatable bonds is 2. The SMILES string of the molecule is COC(=O)C1CCCCN1C(=O)N1C[C@@H](O)C[C@H]1C(=O)O. The normalized spacial score (nSPS) is 29.3. The number of aliphatic hydroxyl groups is 1. The number of aliphatic hydroxyl groups excluding tert-OH is 1. The third-order valence-corrected chi connectivity index (χ3v) is 4.03. The van der Waals surface area contributed by atoms with Crippen LogP contribution in [0.2, 0.25) is 0 Å². The molecule has 2 amide bonds. The van der Waals surface area contributed by atoms with E-state index >= 15 is 0 Å². The van der Waals surface area contributed by atoms with Crippen molar-refractivity contribution in [2.75, 3.05) is 20.2 Å². The van der Waals surface area contributed by atoms with Gasteiger partial charge in [0.1, 0.15) is 12.1 Å². The fourth-order valence-electron chi connectivity index (χ4n) is 2.97. The summed E-state index contributed by atoms with van der Waals surface area (Å²) in [6.07, 6.45) is 1.24. The number of likely N-dealkylation sites (tertiary alicyclic amines) is 2. The first-order chi connectivity index (χ1) is 9.95. The summed E-state index contributed by atoms with van der Waals surface area (Å²) in [6, 6.07) is -2.25. The summed E-state index contributed by atoms with van der Waals surface area (Å²) in [5, 5.41) is 18.8. The lowest BCUT2D eigenvalue weighted by atomic mass is 10.0. The number of ether oxygens (including phenoxy) is 1. The van der Waals surface area contributed by atoms with Crippen LogP contribution >= 0.6 is 0 Å². The van der Waals surface area contributed by atoms with Gasteiger partial charge in [-0.3, -0.25) is 0 Å². The Balaban J connectivity index is 2.16. The molecule has 0 saturated carbocycles. The summed E-state index contributed by atoms with van der Waals surface area (Å²) < 4.78 is 4.71. The second-order valence-corrected chi connectivity index (χ2v) is 5.41. The number of esters is 1. The van der Waals surface area contributed by atoms with Crippen molar-refractivity contribution in [2.45, 2.75) is 43.9 Å². The van der Waals surface area contributed by atoms with Gasteiger partial charge in [0, 0.05) is 19.5 Å². The summed E-state index contributed by atoms with van der Waals surface area (Å²) in [4.78, 5) is 38.0. The van der Waals surface area contributed by atoms with Gasteiger partial charge in [0.15, 0.2) is 0 Å². The molecule has 3 atom stereocenters. The molecule has 8 heteroatoms. The summed E-state index contributed by atoms with van der Waals surface area (Å²) in [5.41, 5.74) is 0. The van der Waals surface area contributed by atoms with E-state index in [1.54, 1.807) is 0 Å². The molecule has 0 aromatic heterocycles. The molecule has 2 rings (SSSR count). The van der Waals surface area contributed by atoms with Crippen LogP contribution < -0.4 is 0 Å². The second kappa shape index (κ2) is 6.30. The third kappa shape index (κ3) is 3.10. The van der Waals surface area contributed by atoms with Gasteiger partial charge in [-0.2, -0.15) is 0 Å². The van der Waals surface area contributed by atoms with Crippen LogP contribution in [0, 0.1) is 0 Å². The van der Waals surface area contributed by atoms with E-state index in [0.29, 0.717) is 13.0 Å². The minimum Gasteiger partial charge on any atom is -0.480 e. The van der Waals surface area contributed by atoms with E-state index in [9.17, 15) is 19.5 Å². The molecule has 2 N–H and O–H groups in total. The molecular weight excluding hydrogens is 280 g/mol. The molecule has 1 unspecified atom stereocenters. The number of carboxylic acids is 1. The molecule has 118 valence electrons. The number of carbonyl (C=O) groups is 3. The Morgan fingerprint density at radius 2 is 1.86 bits per heavy atom. The number of carbonyl (C=O) groups excluding carboxylic acids is 2. The monoisotopic (exact) mass is 300 g/mol. The second-order valence-electron chi connectivity index (χ2n) is 5.41. The zero-order valence-electron chi connectivity index (χ0n) is 11.9. The molecule has 0 aliphatic carbocycles. The Bertz CT molecular complexity index is 440. The number of piperidine rings is 1. The summed E-state index contributed by atoms with van der Waals surface area (Å²) in [5.74, 6) is -1.64. The molecule has 2 aliphatic rings. The van der Waals surface area contributed by atoms with Gasteiger partial charge < -0.3 is 24.7 Å². The Morgan fingerprint density at radius 1 is 1.14 bits per heavy atom. The van der Waals surface area contributed by atoms with Crippen molar-refractivity contribution in [1.82, 2.24) is 9.80 Å². The van der Waals surface area contributed by atoms with E-state index in [-0.39, 0.29) is 13.0 Å². The van der Waals surface area contributed by atoms with Crippen LogP contribution in [0.3, 0.4) is 0 Å². The molecule has 8 nitrogen and oxygen atoms in total. The highest BCUT2D eigenvalue weighted by Gasteiger charge is 2.43. The zero-order valence-corrected chi connectivity index (χ0v) is 11.9.